The van der Waals surface area contributed by atoms with Crippen molar-refractivity contribution in [2.75, 3.05) is 19.6 Å². The fourth-order valence-electron chi connectivity index (χ4n) is 1.60. The predicted octanol–water partition coefficient (Wildman–Crippen LogP) is 2.46. The monoisotopic (exact) mass is 347 g/mol. The van der Waals surface area contributed by atoms with Crippen molar-refractivity contribution >= 4 is 12.1 Å². The number of hydrogen-bond donors (Lipinski definition) is 3. The fraction of sp³-hybridized carbons (Fsp3) is 0.526. The van der Waals surface area contributed by atoms with Gasteiger partial charge in [0.15, 0.2) is 0 Å². The zero-order valence-corrected chi connectivity index (χ0v) is 15.4. The quantitative estimate of drug-likeness (QED) is 0.321. The van der Waals surface area contributed by atoms with Crippen LogP contribution in [-0.4, -0.2) is 37.8 Å². The maximum Gasteiger partial charge on any atom is 0.234 e. The van der Waals surface area contributed by atoms with Gasteiger partial charge in [0, 0.05) is 20.7 Å². The van der Waals surface area contributed by atoms with Crippen LogP contribution in [0.2, 0.25) is 0 Å². The number of nitrogens with one attached hydrogen (secondary N) is 2. The maximum absolute atomic E-state index is 11.4. The summed E-state index contributed by atoms with van der Waals surface area (Å²) in [6, 6.07) is 2.43. The van der Waals surface area contributed by atoms with E-state index in [-0.39, 0.29) is 13.9 Å². The highest BCUT2D eigenvalue weighted by atomic mass is 16.1. The Hall–Kier alpha value is -2.39. The third kappa shape index (κ3) is 14.9. The molecule has 1 fully saturated rings. The molecule has 6 nitrogen and oxygen atoms in total. The van der Waals surface area contributed by atoms with Crippen LogP contribution < -0.4 is 16.4 Å². The molecule has 0 bridgehead atoms. The zero-order chi connectivity index (χ0) is 18.9. The molecule has 0 aromatic rings. The molecule has 0 spiro atoms. The standard InChI is InChI=1S/C16H23N5O.C3H8.H2/c1-13(10-19-12-16(22)20-8-2-6-17)9-14(5-7-18)11-21-15-3-4-15;1-3-2;/h5,7,9,11,15,19H,1-4,8,10,12,18H2,(H,20,22);3H2,1-2H3;1H/b7-5-,14-9+,21-11?;;. The summed E-state index contributed by atoms with van der Waals surface area (Å²) in [7, 11) is 0. The van der Waals surface area contributed by atoms with Crippen LogP contribution in [0.25, 0.3) is 0 Å². The lowest BCUT2D eigenvalue weighted by Gasteiger charge is -2.06. The second kappa shape index (κ2) is 15.2. The molecule has 0 aliphatic heterocycles. The summed E-state index contributed by atoms with van der Waals surface area (Å²) in [6.45, 7) is 9.25. The molecule has 1 saturated carbocycles. The zero-order valence-electron chi connectivity index (χ0n) is 15.4. The lowest BCUT2D eigenvalue weighted by molar-refractivity contribution is -0.120. The van der Waals surface area contributed by atoms with Gasteiger partial charge >= 0.3 is 0 Å². The van der Waals surface area contributed by atoms with Crippen LogP contribution in [0.3, 0.4) is 0 Å². The Bertz CT molecular complexity index is 531. The van der Waals surface area contributed by atoms with Crippen LogP contribution >= 0.6 is 0 Å². The Morgan fingerprint density at radius 3 is 2.68 bits per heavy atom. The van der Waals surface area contributed by atoms with Crippen molar-refractivity contribution in [1.82, 2.24) is 10.6 Å². The summed E-state index contributed by atoms with van der Waals surface area (Å²) in [5.41, 5.74) is 7.14. The van der Waals surface area contributed by atoms with Crippen LogP contribution in [0, 0.1) is 11.3 Å². The minimum atomic E-state index is -0.135. The Morgan fingerprint density at radius 2 is 2.12 bits per heavy atom. The number of nitriles is 1. The largest absolute Gasteiger partial charge is 0.405 e. The minimum absolute atomic E-state index is 0. The molecule has 25 heavy (non-hydrogen) atoms. The second-order valence-electron chi connectivity index (χ2n) is 5.74. The number of hydrogen-bond acceptors (Lipinski definition) is 5. The highest BCUT2D eigenvalue weighted by Gasteiger charge is 2.18. The van der Waals surface area contributed by atoms with Crippen molar-refractivity contribution in [3.8, 4) is 6.07 Å². The summed E-state index contributed by atoms with van der Waals surface area (Å²) in [5.74, 6) is -0.135. The van der Waals surface area contributed by atoms with Crippen LogP contribution in [0.5, 0.6) is 0 Å². The molecule has 6 heteroatoms. The van der Waals surface area contributed by atoms with Crippen LogP contribution in [0.15, 0.2) is 41.1 Å². The van der Waals surface area contributed by atoms with Crippen molar-refractivity contribution < 1.29 is 6.22 Å². The van der Waals surface area contributed by atoms with Crippen LogP contribution in [-0.2, 0) is 4.79 Å². The molecule has 0 saturated heterocycles. The van der Waals surface area contributed by atoms with Crippen molar-refractivity contribution in [2.24, 2.45) is 10.7 Å². The van der Waals surface area contributed by atoms with Crippen LogP contribution in [0.4, 0.5) is 0 Å². The Balaban J connectivity index is 0. The number of nitrogens with zero attached hydrogens (tertiary/aromatic N) is 2. The number of amides is 1. The Morgan fingerprint density at radius 1 is 1.44 bits per heavy atom. The summed E-state index contributed by atoms with van der Waals surface area (Å²) in [4.78, 5) is 15.8. The molecule has 0 aromatic heterocycles. The van der Waals surface area contributed by atoms with Crippen molar-refractivity contribution in [3.63, 3.8) is 0 Å². The number of rotatable bonds is 10. The average molecular weight is 348 g/mol. The molecule has 0 aromatic carbocycles. The van der Waals surface area contributed by atoms with E-state index in [2.05, 4.69) is 36.1 Å². The molecule has 1 rings (SSSR count). The molecule has 0 unspecified atom stereocenters. The number of nitrogens with two attached hydrogens (primary N) is 1. The number of aliphatic imine (C=N–C) groups is 1. The van der Waals surface area contributed by atoms with E-state index in [0.717, 1.165) is 24.0 Å². The SMILES string of the molecule is C=C(/C=C(C=NC1CC1)\C=C/N)CNCC(=O)NCCC#N.CCC.[HH]. The van der Waals surface area contributed by atoms with Gasteiger partial charge in [0.1, 0.15) is 0 Å². The average Bonchev–Trinajstić information content (AvgIpc) is 3.38. The van der Waals surface area contributed by atoms with Gasteiger partial charge in [0.2, 0.25) is 5.91 Å². The third-order valence-corrected chi connectivity index (χ3v) is 2.84. The first-order chi connectivity index (χ1) is 12.1. The highest BCUT2D eigenvalue weighted by molar-refractivity contribution is 5.83. The minimum Gasteiger partial charge on any atom is -0.405 e. The van der Waals surface area contributed by atoms with Gasteiger partial charge < -0.3 is 16.4 Å². The predicted molar refractivity (Wildman–Crippen MR) is 106 cm³/mol. The maximum atomic E-state index is 11.4. The summed E-state index contributed by atoms with van der Waals surface area (Å²) >= 11 is 0. The van der Waals surface area contributed by atoms with Crippen LogP contribution in [0.1, 0.15) is 41.0 Å². The van der Waals surface area contributed by atoms with E-state index < -0.39 is 0 Å². The van der Waals surface area contributed by atoms with Gasteiger partial charge in [-0.1, -0.05) is 26.8 Å². The van der Waals surface area contributed by atoms with Crippen molar-refractivity contribution in [1.29, 1.82) is 5.26 Å². The van der Waals surface area contributed by atoms with Crippen molar-refractivity contribution in [3.05, 3.63) is 36.1 Å². The molecule has 1 aliphatic rings. The molecule has 4 N–H and O–H groups in total. The van der Waals surface area contributed by atoms with Gasteiger partial charge in [-0.15, -0.1) is 0 Å². The first-order valence-corrected chi connectivity index (χ1v) is 8.72. The molecule has 0 atom stereocenters. The van der Waals surface area contributed by atoms with Gasteiger partial charge in [-0.25, -0.2) is 0 Å². The highest BCUT2D eigenvalue weighted by Crippen LogP contribution is 2.23. The number of carbonyl (C=O) groups is 1. The Labute approximate surface area is 153 Å². The molecule has 1 aliphatic carbocycles. The summed E-state index contributed by atoms with van der Waals surface area (Å²) in [5, 5.41) is 14.0. The van der Waals surface area contributed by atoms with E-state index in [1.165, 1.54) is 12.6 Å². The topological polar surface area (TPSA) is 103 Å². The molecular formula is C19H33N5O. The van der Waals surface area contributed by atoms with E-state index in [1.807, 2.05) is 12.1 Å². The first-order valence-electron chi connectivity index (χ1n) is 8.72. The molecule has 140 valence electrons. The first kappa shape index (κ1) is 22.6. The van der Waals surface area contributed by atoms with E-state index in [4.69, 9.17) is 11.0 Å². The molecule has 0 heterocycles. The van der Waals surface area contributed by atoms with E-state index >= 15 is 0 Å². The van der Waals surface area contributed by atoms with Gasteiger partial charge in [0.25, 0.3) is 0 Å². The van der Waals surface area contributed by atoms with Gasteiger partial charge in [-0.3, -0.25) is 9.79 Å². The fourth-order valence-corrected chi connectivity index (χ4v) is 1.60. The van der Waals surface area contributed by atoms with E-state index in [1.54, 1.807) is 12.3 Å². The third-order valence-electron chi connectivity index (χ3n) is 2.84. The molecule has 1 amide bonds. The van der Waals surface area contributed by atoms with Gasteiger partial charge in [-0.05, 0) is 42.3 Å². The number of carbonyl (C=O) groups excluding carboxylic acids is 1. The molecule has 0 radical (unpaired) electrons. The normalized spacial score (nSPS) is 14.0. The van der Waals surface area contributed by atoms with E-state index in [9.17, 15) is 4.79 Å². The lowest BCUT2D eigenvalue weighted by atomic mass is 10.2. The lowest BCUT2D eigenvalue weighted by Crippen LogP contribution is -2.34. The molecular weight excluding hydrogens is 314 g/mol. The van der Waals surface area contributed by atoms with Gasteiger partial charge in [0.05, 0.1) is 25.1 Å². The second-order valence-corrected chi connectivity index (χ2v) is 5.74. The summed E-state index contributed by atoms with van der Waals surface area (Å²) in [6.07, 6.45) is 10.8. The van der Waals surface area contributed by atoms with Gasteiger partial charge in [-0.2, -0.15) is 5.26 Å². The van der Waals surface area contributed by atoms with E-state index in [0.29, 0.717) is 25.6 Å². The number of allylic oxidation sites excluding steroid dienone is 2. The van der Waals surface area contributed by atoms with Crippen molar-refractivity contribution in [2.45, 2.75) is 45.6 Å². The summed E-state index contributed by atoms with van der Waals surface area (Å²) < 4.78 is 0. The smallest absolute Gasteiger partial charge is 0.234 e. The Kier molecular flexibility index (Phi) is 13.7.